The quantitative estimate of drug-likeness (QED) is 0.228. The van der Waals surface area contributed by atoms with E-state index < -0.39 is 17.6 Å². The van der Waals surface area contributed by atoms with Gasteiger partial charge in [-0.1, -0.05) is 90.9 Å². The van der Waals surface area contributed by atoms with Crippen LogP contribution >= 0.6 is 0 Å². The van der Waals surface area contributed by atoms with E-state index in [4.69, 9.17) is 14.0 Å². The number of rotatable bonds is 9. The molecule has 3 aromatic carbocycles. The first-order valence-electron chi connectivity index (χ1n) is 13.3. The third kappa shape index (κ3) is 5.43. The molecule has 1 aliphatic rings. The number of nitrogens with one attached hydrogen (secondary N) is 1. The van der Waals surface area contributed by atoms with Gasteiger partial charge in [0.25, 0.3) is 0 Å². The molecule has 1 aromatic heterocycles. The highest BCUT2D eigenvalue weighted by atomic mass is 16.6. The highest BCUT2D eigenvalue weighted by Gasteiger charge is 2.52. The second-order valence-corrected chi connectivity index (χ2v) is 9.73. The monoisotopic (exact) mass is 524 g/mol. The summed E-state index contributed by atoms with van der Waals surface area (Å²) in [5.41, 5.74) is 5.42. The predicted octanol–water partition coefficient (Wildman–Crippen LogP) is 7.48. The molecule has 7 heteroatoms. The molecule has 1 N–H and O–H groups in total. The van der Waals surface area contributed by atoms with Gasteiger partial charge in [0.05, 0.1) is 12.0 Å². The first-order valence-corrected chi connectivity index (χ1v) is 13.3. The summed E-state index contributed by atoms with van der Waals surface area (Å²) in [6.07, 6.45) is 1.26. The molecule has 1 heterocycles. The summed E-state index contributed by atoms with van der Waals surface area (Å²) in [7, 11) is 0. The SMILES string of the molecule is CCOC(=O)C1(c2ccc(-c3ccc(-c4onc(CC)c4NC(=O)O[C@H](C)c4ccccc4)cc3)cc2)CC1. The number of ether oxygens (including phenoxy) is 2. The van der Waals surface area contributed by atoms with E-state index in [1.807, 2.05) is 99.6 Å². The Morgan fingerprint density at radius 1 is 0.923 bits per heavy atom. The van der Waals surface area contributed by atoms with E-state index in [2.05, 4.69) is 10.5 Å². The normalized spacial score (nSPS) is 14.3. The van der Waals surface area contributed by atoms with E-state index in [0.29, 0.717) is 30.2 Å². The van der Waals surface area contributed by atoms with Gasteiger partial charge in [0, 0.05) is 5.56 Å². The Kier molecular flexibility index (Phi) is 7.50. The number of amides is 1. The molecule has 1 atom stereocenters. The number of benzene rings is 3. The van der Waals surface area contributed by atoms with Crippen molar-refractivity contribution < 1.29 is 23.6 Å². The van der Waals surface area contributed by atoms with Crippen LogP contribution in [-0.4, -0.2) is 23.8 Å². The molecule has 0 aliphatic heterocycles. The van der Waals surface area contributed by atoms with Gasteiger partial charge in [-0.2, -0.15) is 0 Å². The zero-order chi connectivity index (χ0) is 27.4. The summed E-state index contributed by atoms with van der Waals surface area (Å²) in [6.45, 7) is 6.00. The molecular formula is C32H32N2O5. The third-order valence-corrected chi connectivity index (χ3v) is 7.21. The lowest BCUT2D eigenvalue weighted by Gasteiger charge is -2.15. The summed E-state index contributed by atoms with van der Waals surface area (Å²) in [5, 5.41) is 7.01. The lowest BCUT2D eigenvalue weighted by atomic mass is 9.93. The summed E-state index contributed by atoms with van der Waals surface area (Å²) >= 11 is 0. The maximum absolute atomic E-state index is 12.7. The van der Waals surface area contributed by atoms with E-state index in [0.717, 1.165) is 40.7 Å². The van der Waals surface area contributed by atoms with Crippen LogP contribution in [0.1, 0.15) is 56.5 Å². The molecule has 1 amide bonds. The van der Waals surface area contributed by atoms with Crippen molar-refractivity contribution in [2.45, 2.75) is 51.6 Å². The van der Waals surface area contributed by atoms with Gasteiger partial charge in [-0.3, -0.25) is 10.1 Å². The van der Waals surface area contributed by atoms with Gasteiger partial charge in [0.15, 0.2) is 5.76 Å². The van der Waals surface area contributed by atoms with Crippen molar-refractivity contribution in [3.63, 3.8) is 0 Å². The van der Waals surface area contributed by atoms with Crippen molar-refractivity contribution in [3.8, 4) is 22.5 Å². The number of esters is 1. The predicted molar refractivity (Wildman–Crippen MR) is 149 cm³/mol. The third-order valence-electron chi connectivity index (χ3n) is 7.21. The van der Waals surface area contributed by atoms with Gasteiger partial charge in [0.1, 0.15) is 17.5 Å². The number of anilines is 1. The summed E-state index contributed by atoms with van der Waals surface area (Å²) in [5.74, 6) is 0.339. The van der Waals surface area contributed by atoms with E-state index >= 15 is 0 Å². The van der Waals surface area contributed by atoms with E-state index in [-0.39, 0.29) is 5.97 Å². The van der Waals surface area contributed by atoms with Crippen molar-refractivity contribution >= 4 is 17.7 Å². The number of carbonyl (C=O) groups is 2. The average molecular weight is 525 g/mol. The van der Waals surface area contributed by atoms with Crippen molar-refractivity contribution in [2.24, 2.45) is 0 Å². The maximum Gasteiger partial charge on any atom is 0.412 e. The lowest BCUT2D eigenvalue weighted by Crippen LogP contribution is -2.23. The number of carbonyl (C=O) groups excluding carboxylic acids is 2. The Bertz CT molecular complexity index is 1440. The highest BCUT2D eigenvalue weighted by molar-refractivity contribution is 5.91. The van der Waals surface area contributed by atoms with Crippen molar-refractivity contribution in [2.75, 3.05) is 11.9 Å². The number of aromatic nitrogens is 1. The van der Waals surface area contributed by atoms with Crippen LogP contribution in [0.3, 0.4) is 0 Å². The Morgan fingerprint density at radius 2 is 1.54 bits per heavy atom. The largest absolute Gasteiger partial charge is 0.465 e. The minimum Gasteiger partial charge on any atom is -0.465 e. The maximum atomic E-state index is 12.7. The van der Waals surface area contributed by atoms with Crippen molar-refractivity contribution in [1.82, 2.24) is 5.16 Å². The summed E-state index contributed by atoms with van der Waals surface area (Å²) < 4.78 is 16.5. The molecule has 200 valence electrons. The fourth-order valence-corrected chi connectivity index (χ4v) is 4.78. The molecule has 0 unspecified atom stereocenters. The first kappa shape index (κ1) is 26.2. The molecular weight excluding hydrogens is 492 g/mol. The molecule has 5 rings (SSSR count). The Hall–Kier alpha value is -4.39. The molecule has 0 radical (unpaired) electrons. The lowest BCUT2D eigenvalue weighted by molar-refractivity contribution is -0.146. The van der Waals surface area contributed by atoms with Crippen LogP contribution in [0.25, 0.3) is 22.5 Å². The Labute approximate surface area is 228 Å². The van der Waals surface area contributed by atoms with Crippen LogP contribution in [0.2, 0.25) is 0 Å². The van der Waals surface area contributed by atoms with Crippen LogP contribution < -0.4 is 5.32 Å². The second kappa shape index (κ2) is 11.2. The van der Waals surface area contributed by atoms with E-state index in [9.17, 15) is 9.59 Å². The number of nitrogens with zero attached hydrogens (tertiary/aromatic N) is 1. The molecule has 0 spiro atoms. The van der Waals surface area contributed by atoms with Gasteiger partial charge in [-0.15, -0.1) is 0 Å². The van der Waals surface area contributed by atoms with E-state index in [1.165, 1.54) is 0 Å². The van der Waals surface area contributed by atoms with Crippen LogP contribution in [0, 0.1) is 0 Å². The van der Waals surface area contributed by atoms with Crippen molar-refractivity contribution in [3.05, 3.63) is 95.7 Å². The molecule has 1 aliphatic carbocycles. The Morgan fingerprint density at radius 3 is 2.13 bits per heavy atom. The number of hydrogen-bond donors (Lipinski definition) is 1. The highest BCUT2D eigenvalue weighted by Crippen LogP contribution is 2.49. The van der Waals surface area contributed by atoms with Crippen LogP contribution in [0.5, 0.6) is 0 Å². The standard InChI is InChI=1S/C32H32N2O5/c1-4-27-28(33-31(36)38-21(3)22-9-7-6-8-10-22)29(39-34-27)25-13-11-23(12-14-25)24-15-17-26(18-16-24)32(19-20-32)30(35)37-5-2/h6-18,21H,4-5,19-20H2,1-3H3,(H,33,36)/t21-/m1/s1. The molecule has 1 saturated carbocycles. The topological polar surface area (TPSA) is 90.7 Å². The molecule has 0 saturated heterocycles. The zero-order valence-corrected chi connectivity index (χ0v) is 22.4. The molecule has 1 fully saturated rings. The van der Waals surface area contributed by atoms with Gasteiger partial charge >= 0.3 is 12.1 Å². The minimum absolute atomic E-state index is 0.136. The minimum atomic E-state index is -0.571. The van der Waals surface area contributed by atoms with Gasteiger partial charge in [-0.05, 0) is 55.4 Å². The Balaban J connectivity index is 1.31. The number of hydrogen-bond acceptors (Lipinski definition) is 6. The number of aryl methyl sites for hydroxylation is 1. The van der Waals surface area contributed by atoms with Crippen molar-refractivity contribution in [1.29, 1.82) is 0 Å². The summed E-state index contributed by atoms with van der Waals surface area (Å²) in [4.78, 5) is 25.2. The fraction of sp³-hybridized carbons (Fsp3) is 0.281. The molecule has 4 aromatic rings. The summed E-state index contributed by atoms with van der Waals surface area (Å²) in [6, 6.07) is 25.5. The first-order chi connectivity index (χ1) is 18.9. The van der Waals surface area contributed by atoms with Crippen LogP contribution in [0.4, 0.5) is 10.5 Å². The van der Waals surface area contributed by atoms with Crippen LogP contribution in [-0.2, 0) is 26.1 Å². The second-order valence-electron chi connectivity index (χ2n) is 9.73. The molecule has 39 heavy (non-hydrogen) atoms. The molecule has 7 nitrogen and oxygen atoms in total. The van der Waals surface area contributed by atoms with E-state index in [1.54, 1.807) is 0 Å². The zero-order valence-electron chi connectivity index (χ0n) is 22.4. The smallest absolute Gasteiger partial charge is 0.412 e. The average Bonchev–Trinajstić information content (AvgIpc) is 3.69. The fourth-order valence-electron chi connectivity index (χ4n) is 4.78. The van der Waals surface area contributed by atoms with Gasteiger partial charge in [-0.25, -0.2) is 4.79 Å². The van der Waals surface area contributed by atoms with Gasteiger partial charge < -0.3 is 14.0 Å². The van der Waals surface area contributed by atoms with Gasteiger partial charge in [0.2, 0.25) is 0 Å². The molecule has 0 bridgehead atoms. The van der Waals surface area contributed by atoms with Crippen LogP contribution in [0.15, 0.2) is 83.4 Å².